The predicted molar refractivity (Wildman–Crippen MR) is 90.2 cm³/mol. The number of nitrogens with zero attached hydrogens (tertiary/aromatic N) is 3. The van der Waals surface area contributed by atoms with E-state index in [-0.39, 0.29) is 6.03 Å². The van der Waals surface area contributed by atoms with Crippen LogP contribution in [-0.2, 0) is 6.54 Å². The van der Waals surface area contributed by atoms with Gasteiger partial charge in [0.2, 0.25) is 6.79 Å². The summed E-state index contributed by atoms with van der Waals surface area (Å²) in [4.78, 5) is 19.0. The van der Waals surface area contributed by atoms with Crippen LogP contribution in [0.15, 0.2) is 18.2 Å². The highest BCUT2D eigenvalue weighted by Gasteiger charge is 2.26. The van der Waals surface area contributed by atoms with Crippen molar-refractivity contribution in [1.29, 1.82) is 0 Å². The van der Waals surface area contributed by atoms with Crippen LogP contribution in [0.3, 0.4) is 0 Å². The molecule has 3 aliphatic rings. The number of benzene rings is 1. The lowest BCUT2D eigenvalue weighted by atomic mass is 10.1. The molecule has 3 aliphatic heterocycles. The van der Waals surface area contributed by atoms with E-state index in [0.717, 1.165) is 70.2 Å². The van der Waals surface area contributed by atoms with E-state index in [0.29, 0.717) is 6.79 Å². The number of hydrogen-bond acceptors (Lipinski definition) is 4. The Morgan fingerprint density at radius 1 is 0.875 bits per heavy atom. The second kappa shape index (κ2) is 6.89. The Hall–Kier alpha value is -1.95. The largest absolute Gasteiger partial charge is 0.454 e. The number of carbonyl (C=O) groups excluding carboxylic acids is 1. The highest BCUT2D eigenvalue weighted by Crippen LogP contribution is 2.32. The molecular formula is C18H25N3O3. The molecule has 4 rings (SSSR count). The van der Waals surface area contributed by atoms with Crippen molar-refractivity contribution in [3.63, 3.8) is 0 Å². The third-order valence-electron chi connectivity index (χ3n) is 5.11. The number of rotatable bonds is 2. The molecule has 0 spiro atoms. The third kappa shape index (κ3) is 3.29. The molecule has 130 valence electrons. The van der Waals surface area contributed by atoms with E-state index < -0.39 is 0 Å². The quantitative estimate of drug-likeness (QED) is 0.833. The first-order valence-corrected chi connectivity index (χ1v) is 8.94. The van der Waals surface area contributed by atoms with E-state index in [1.165, 1.54) is 12.0 Å². The normalized spacial score (nSPS) is 21.2. The van der Waals surface area contributed by atoms with E-state index in [9.17, 15) is 4.79 Å². The Morgan fingerprint density at radius 3 is 2.38 bits per heavy atom. The van der Waals surface area contributed by atoms with Gasteiger partial charge in [0.1, 0.15) is 0 Å². The lowest BCUT2D eigenvalue weighted by Crippen LogP contribution is -2.53. The molecule has 0 bridgehead atoms. The molecule has 0 radical (unpaired) electrons. The van der Waals surface area contributed by atoms with E-state index >= 15 is 0 Å². The lowest BCUT2D eigenvalue weighted by Gasteiger charge is -2.38. The van der Waals surface area contributed by atoms with Crippen molar-refractivity contribution < 1.29 is 14.3 Å². The van der Waals surface area contributed by atoms with Crippen LogP contribution in [0.2, 0.25) is 0 Å². The number of urea groups is 1. The Morgan fingerprint density at radius 2 is 1.58 bits per heavy atom. The van der Waals surface area contributed by atoms with E-state index in [1.54, 1.807) is 0 Å². The van der Waals surface area contributed by atoms with Crippen LogP contribution in [0.5, 0.6) is 11.5 Å². The number of fused-ring (bicyclic) bond motifs is 1. The first kappa shape index (κ1) is 15.6. The molecule has 3 heterocycles. The maximum Gasteiger partial charge on any atom is 0.320 e. The lowest BCUT2D eigenvalue weighted by molar-refractivity contribution is 0.105. The highest BCUT2D eigenvalue weighted by molar-refractivity contribution is 5.74. The topological polar surface area (TPSA) is 45.3 Å². The van der Waals surface area contributed by atoms with E-state index in [2.05, 4.69) is 17.0 Å². The molecule has 6 heteroatoms. The number of hydrogen-bond donors (Lipinski definition) is 0. The summed E-state index contributed by atoms with van der Waals surface area (Å²) in [6.07, 6.45) is 3.55. The van der Waals surface area contributed by atoms with Crippen molar-refractivity contribution in [3.05, 3.63) is 23.8 Å². The van der Waals surface area contributed by atoms with E-state index in [4.69, 9.17) is 9.47 Å². The van der Waals surface area contributed by atoms with Crippen LogP contribution in [0.25, 0.3) is 0 Å². The Labute approximate surface area is 142 Å². The Kier molecular flexibility index (Phi) is 4.47. The average molecular weight is 331 g/mol. The molecule has 0 N–H and O–H groups in total. The van der Waals surface area contributed by atoms with Crippen molar-refractivity contribution in [2.24, 2.45) is 0 Å². The van der Waals surface area contributed by atoms with Crippen LogP contribution in [0.4, 0.5) is 4.79 Å². The molecule has 0 unspecified atom stereocenters. The molecule has 2 amide bonds. The summed E-state index contributed by atoms with van der Waals surface area (Å²) in [5.41, 5.74) is 1.23. The highest BCUT2D eigenvalue weighted by atomic mass is 16.7. The fourth-order valence-corrected chi connectivity index (χ4v) is 3.68. The number of carbonyl (C=O) groups is 1. The Balaban J connectivity index is 1.29. The van der Waals surface area contributed by atoms with Gasteiger partial charge in [-0.05, 0) is 37.0 Å². The van der Waals surface area contributed by atoms with Gasteiger partial charge < -0.3 is 19.3 Å². The van der Waals surface area contributed by atoms with Crippen LogP contribution >= 0.6 is 0 Å². The van der Waals surface area contributed by atoms with Gasteiger partial charge in [-0.25, -0.2) is 4.79 Å². The molecule has 0 aliphatic carbocycles. The van der Waals surface area contributed by atoms with Gasteiger partial charge in [0.25, 0.3) is 0 Å². The van der Waals surface area contributed by atoms with Gasteiger partial charge in [0, 0.05) is 45.8 Å². The van der Waals surface area contributed by atoms with Crippen LogP contribution in [-0.4, -0.2) is 66.8 Å². The van der Waals surface area contributed by atoms with Crippen LogP contribution in [0, 0.1) is 0 Å². The fourth-order valence-electron chi connectivity index (χ4n) is 3.68. The van der Waals surface area contributed by atoms with E-state index in [1.807, 2.05) is 15.9 Å². The summed E-state index contributed by atoms with van der Waals surface area (Å²) in [7, 11) is 0. The average Bonchev–Trinajstić information content (AvgIpc) is 3.10. The number of amides is 2. The summed E-state index contributed by atoms with van der Waals surface area (Å²) in [6.45, 7) is 6.55. The summed E-state index contributed by atoms with van der Waals surface area (Å²) in [5.74, 6) is 1.67. The molecule has 2 fully saturated rings. The molecule has 1 aromatic carbocycles. The minimum absolute atomic E-state index is 0.234. The number of likely N-dealkylation sites (tertiary alicyclic amines) is 1. The first-order valence-electron chi connectivity index (χ1n) is 8.94. The molecule has 6 nitrogen and oxygen atoms in total. The number of ether oxygens (including phenoxy) is 2. The van der Waals surface area contributed by atoms with Gasteiger partial charge in [-0.3, -0.25) is 4.90 Å². The summed E-state index contributed by atoms with van der Waals surface area (Å²) in [5, 5.41) is 0. The van der Waals surface area contributed by atoms with Crippen molar-refractivity contribution in [2.45, 2.75) is 25.8 Å². The molecule has 2 saturated heterocycles. The zero-order valence-electron chi connectivity index (χ0n) is 14.1. The number of piperazine rings is 1. The summed E-state index contributed by atoms with van der Waals surface area (Å²) >= 11 is 0. The Bertz CT molecular complexity index is 593. The van der Waals surface area contributed by atoms with Gasteiger partial charge >= 0.3 is 6.03 Å². The van der Waals surface area contributed by atoms with Crippen LogP contribution < -0.4 is 9.47 Å². The maximum atomic E-state index is 12.5. The van der Waals surface area contributed by atoms with Gasteiger partial charge in [-0.15, -0.1) is 0 Å². The van der Waals surface area contributed by atoms with Crippen molar-refractivity contribution in [3.8, 4) is 11.5 Å². The second-order valence-corrected chi connectivity index (χ2v) is 6.78. The molecule has 1 aromatic rings. The zero-order chi connectivity index (χ0) is 16.4. The summed E-state index contributed by atoms with van der Waals surface area (Å²) < 4.78 is 10.8. The summed E-state index contributed by atoms with van der Waals surface area (Å²) in [6, 6.07) is 6.37. The fraction of sp³-hybridized carbons (Fsp3) is 0.611. The first-order chi connectivity index (χ1) is 11.8. The van der Waals surface area contributed by atoms with Crippen molar-refractivity contribution >= 4 is 6.03 Å². The van der Waals surface area contributed by atoms with Crippen molar-refractivity contribution in [2.75, 3.05) is 46.1 Å². The predicted octanol–water partition coefficient (Wildman–Crippen LogP) is 2.14. The third-order valence-corrected chi connectivity index (χ3v) is 5.11. The van der Waals surface area contributed by atoms with Gasteiger partial charge in [0.05, 0.1) is 0 Å². The van der Waals surface area contributed by atoms with Crippen molar-refractivity contribution in [1.82, 2.24) is 14.7 Å². The molecule has 0 atom stereocenters. The molecule has 24 heavy (non-hydrogen) atoms. The number of piperidine rings is 1. The SMILES string of the molecule is O=C(N1CCCCC1)N1CCN(Cc2ccc3c(c2)OCO3)CC1. The molecular weight excluding hydrogens is 306 g/mol. The molecule has 0 aromatic heterocycles. The van der Waals surface area contributed by atoms with Crippen LogP contribution in [0.1, 0.15) is 24.8 Å². The van der Waals surface area contributed by atoms with Gasteiger partial charge in [-0.2, -0.15) is 0 Å². The minimum atomic E-state index is 0.234. The smallest absolute Gasteiger partial charge is 0.320 e. The van der Waals surface area contributed by atoms with Gasteiger partial charge in [-0.1, -0.05) is 6.07 Å². The monoisotopic (exact) mass is 331 g/mol. The standard InChI is InChI=1S/C18H25N3O3/c22-18(20-6-2-1-3-7-20)21-10-8-19(9-11-21)13-15-4-5-16-17(12-15)24-14-23-16/h4-5,12H,1-3,6-11,13-14H2. The second-order valence-electron chi connectivity index (χ2n) is 6.78. The zero-order valence-corrected chi connectivity index (χ0v) is 14.1. The minimum Gasteiger partial charge on any atom is -0.454 e. The van der Waals surface area contributed by atoms with Gasteiger partial charge in [0.15, 0.2) is 11.5 Å². The maximum absolute atomic E-state index is 12.5. The molecule has 0 saturated carbocycles.